The van der Waals surface area contributed by atoms with Crippen molar-refractivity contribution in [3.8, 4) is 11.5 Å². The van der Waals surface area contributed by atoms with Gasteiger partial charge in [0.05, 0.1) is 11.6 Å². The van der Waals surface area contributed by atoms with Crippen LogP contribution in [0.5, 0.6) is 11.5 Å². The highest BCUT2D eigenvalue weighted by Gasteiger charge is 2.43. The molecular weight excluding hydrogens is 468 g/mol. The highest BCUT2D eigenvalue weighted by Crippen LogP contribution is 2.40. The van der Waals surface area contributed by atoms with Gasteiger partial charge in [-0.2, -0.15) is 0 Å². The van der Waals surface area contributed by atoms with Crippen molar-refractivity contribution in [1.29, 1.82) is 0 Å². The number of aromatic hydroxyl groups is 1. The Morgan fingerprint density at radius 1 is 1.00 bits per heavy atom. The molecule has 1 unspecified atom stereocenters. The molecule has 4 rings (SSSR count). The summed E-state index contributed by atoms with van der Waals surface area (Å²) in [5, 5.41) is 20.9. The zero-order chi connectivity index (χ0) is 26.5. The molecule has 3 aromatic carbocycles. The van der Waals surface area contributed by atoms with Gasteiger partial charge >= 0.3 is 0 Å². The summed E-state index contributed by atoms with van der Waals surface area (Å²) in [4.78, 5) is 30.2. The topological polar surface area (TPSA) is 90.3 Å². The number of rotatable bonds is 10. The van der Waals surface area contributed by atoms with Crippen molar-refractivity contribution in [1.82, 2.24) is 9.80 Å². The van der Waals surface area contributed by atoms with Crippen LogP contribution in [-0.4, -0.2) is 58.9 Å². The van der Waals surface area contributed by atoms with E-state index in [1.165, 1.54) is 17.0 Å². The first-order valence-electron chi connectivity index (χ1n) is 12.3. The SMILES string of the molecule is Cc1cccc(COc2ccc(C(=O)C3=C(O)C(=O)N(CCCN(C)C)C3c3cccc(O)c3)cc2)c1. The van der Waals surface area contributed by atoms with E-state index < -0.39 is 23.5 Å². The van der Waals surface area contributed by atoms with Gasteiger partial charge in [0, 0.05) is 12.1 Å². The minimum Gasteiger partial charge on any atom is -0.508 e. The first kappa shape index (κ1) is 26.0. The van der Waals surface area contributed by atoms with Crippen molar-refractivity contribution in [2.45, 2.75) is 26.0 Å². The highest BCUT2D eigenvalue weighted by atomic mass is 16.5. The third-order valence-electron chi connectivity index (χ3n) is 6.34. The summed E-state index contributed by atoms with van der Waals surface area (Å²) in [6, 6.07) is 20.4. The van der Waals surface area contributed by atoms with E-state index in [4.69, 9.17) is 4.74 Å². The maximum Gasteiger partial charge on any atom is 0.290 e. The number of aliphatic hydroxyl groups is 1. The summed E-state index contributed by atoms with van der Waals surface area (Å²) in [6.45, 7) is 3.51. The summed E-state index contributed by atoms with van der Waals surface area (Å²) >= 11 is 0. The fourth-order valence-corrected chi connectivity index (χ4v) is 4.54. The average molecular weight is 501 g/mol. The number of aliphatic hydroxyl groups excluding tert-OH is 1. The van der Waals surface area contributed by atoms with Gasteiger partial charge in [-0.05, 0) is 81.5 Å². The maximum atomic E-state index is 13.6. The van der Waals surface area contributed by atoms with Gasteiger partial charge in [0.1, 0.15) is 18.1 Å². The van der Waals surface area contributed by atoms with E-state index in [0.717, 1.165) is 17.7 Å². The van der Waals surface area contributed by atoms with E-state index in [1.54, 1.807) is 36.4 Å². The van der Waals surface area contributed by atoms with E-state index in [-0.39, 0.29) is 11.3 Å². The average Bonchev–Trinajstić information content (AvgIpc) is 3.12. The van der Waals surface area contributed by atoms with Crippen LogP contribution in [0, 0.1) is 6.92 Å². The zero-order valence-corrected chi connectivity index (χ0v) is 21.3. The quantitative estimate of drug-likeness (QED) is 0.389. The molecule has 1 aliphatic heterocycles. The first-order chi connectivity index (χ1) is 17.7. The molecule has 0 aliphatic carbocycles. The molecule has 3 aromatic rings. The molecule has 0 saturated heterocycles. The third kappa shape index (κ3) is 6.01. The number of hydrogen-bond acceptors (Lipinski definition) is 6. The molecule has 0 aromatic heterocycles. The Hall–Kier alpha value is -4.10. The van der Waals surface area contributed by atoms with E-state index in [1.807, 2.05) is 44.1 Å². The Kier molecular flexibility index (Phi) is 7.94. The number of hydrogen-bond donors (Lipinski definition) is 2. The predicted molar refractivity (Wildman–Crippen MR) is 142 cm³/mol. The molecule has 1 amide bonds. The molecule has 1 aliphatic rings. The van der Waals surface area contributed by atoms with E-state index in [2.05, 4.69) is 6.07 Å². The molecule has 192 valence electrons. The van der Waals surface area contributed by atoms with Gasteiger partial charge < -0.3 is 24.7 Å². The molecule has 7 nitrogen and oxygen atoms in total. The molecule has 7 heteroatoms. The second-order valence-corrected chi connectivity index (χ2v) is 9.55. The fraction of sp³-hybridized carbons (Fsp3) is 0.267. The minimum absolute atomic E-state index is 0.00822. The summed E-state index contributed by atoms with van der Waals surface area (Å²) in [5.74, 6) is -0.962. The number of carbonyl (C=O) groups is 2. The van der Waals surface area contributed by atoms with Gasteiger partial charge in [-0.1, -0.05) is 42.0 Å². The first-order valence-corrected chi connectivity index (χ1v) is 12.3. The summed E-state index contributed by atoms with van der Waals surface area (Å²) in [7, 11) is 3.88. The molecule has 0 spiro atoms. The second-order valence-electron chi connectivity index (χ2n) is 9.55. The lowest BCUT2D eigenvalue weighted by Crippen LogP contribution is -2.33. The summed E-state index contributed by atoms with van der Waals surface area (Å²) in [6.07, 6.45) is 0.662. The molecule has 2 N–H and O–H groups in total. The number of Topliss-reactive ketones (excluding diaryl/α,β-unsaturated/α-hetero) is 1. The van der Waals surface area contributed by atoms with Crippen LogP contribution in [0.3, 0.4) is 0 Å². The Bertz CT molecular complexity index is 1310. The van der Waals surface area contributed by atoms with E-state index in [9.17, 15) is 19.8 Å². The molecule has 37 heavy (non-hydrogen) atoms. The zero-order valence-electron chi connectivity index (χ0n) is 21.3. The number of nitrogens with zero attached hydrogens (tertiary/aromatic N) is 2. The number of benzene rings is 3. The van der Waals surface area contributed by atoms with Crippen LogP contribution in [0.25, 0.3) is 0 Å². The number of ketones is 1. The number of carbonyl (C=O) groups excluding carboxylic acids is 2. The van der Waals surface area contributed by atoms with Crippen molar-refractivity contribution in [3.63, 3.8) is 0 Å². The van der Waals surface area contributed by atoms with Crippen molar-refractivity contribution in [2.24, 2.45) is 0 Å². The van der Waals surface area contributed by atoms with Crippen LogP contribution in [0.1, 0.15) is 39.5 Å². The second kappa shape index (κ2) is 11.3. The lowest BCUT2D eigenvalue weighted by atomic mass is 9.92. The monoisotopic (exact) mass is 500 g/mol. The van der Waals surface area contributed by atoms with Gasteiger partial charge in [-0.15, -0.1) is 0 Å². The fourth-order valence-electron chi connectivity index (χ4n) is 4.54. The van der Waals surface area contributed by atoms with Gasteiger partial charge in [-0.25, -0.2) is 0 Å². The smallest absolute Gasteiger partial charge is 0.290 e. The molecule has 0 bridgehead atoms. The number of amides is 1. The Morgan fingerprint density at radius 2 is 1.73 bits per heavy atom. The van der Waals surface area contributed by atoms with Crippen molar-refractivity contribution in [2.75, 3.05) is 27.2 Å². The lowest BCUT2D eigenvalue weighted by Gasteiger charge is -2.27. The van der Waals surface area contributed by atoms with Gasteiger partial charge in [0.2, 0.25) is 0 Å². The van der Waals surface area contributed by atoms with Crippen LogP contribution in [0.15, 0.2) is 84.1 Å². The van der Waals surface area contributed by atoms with Crippen molar-refractivity contribution < 1.29 is 24.5 Å². The highest BCUT2D eigenvalue weighted by molar-refractivity contribution is 6.16. The van der Waals surface area contributed by atoms with Crippen molar-refractivity contribution >= 4 is 11.7 Å². The van der Waals surface area contributed by atoms with Gasteiger partial charge in [0.25, 0.3) is 5.91 Å². The van der Waals surface area contributed by atoms with Crippen LogP contribution in [-0.2, 0) is 11.4 Å². The molecule has 0 saturated carbocycles. The normalized spacial score (nSPS) is 15.5. The summed E-state index contributed by atoms with van der Waals surface area (Å²) in [5.41, 5.74) is 3.09. The van der Waals surface area contributed by atoms with E-state index >= 15 is 0 Å². The van der Waals surface area contributed by atoms with Crippen LogP contribution in [0.4, 0.5) is 0 Å². The lowest BCUT2D eigenvalue weighted by molar-refractivity contribution is -0.129. The Balaban J connectivity index is 1.57. The van der Waals surface area contributed by atoms with Gasteiger partial charge in [0.15, 0.2) is 11.5 Å². The summed E-state index contributed by atoms with van der Waals surface area (Å²) < 4.78 is 5.86. The Labute approximate surface area is 217 Å². The number of ether oxygens (including phenoxy) is 1. The van der Waals surface area contributed by atoms with Crippen molar-refractivity contribution in [3.05, 3.63) is 106 Å². The molecule has 1 atom stereocenters. The molecule has 0 fully saturated rings. The number of phenols is 1. The molecule has 1 heterocycles. The van der Waals surface area contributed by atoms with Crippen LogP contribution >= 0.6 is 0 Å². The van der Waals surface area contributed by atoms with Gasteiger partial charge in [-0.3, -0.25) is 9.59 Å². The van der Waals surface area contributed by atoms with Crippen LogP contribution < -0.4 is 4.74 Å². The Morgan fingerprint density at radius 3 is 2.41 bits per heavy atom. The maximum absolute atomic E-state index is 13.6. The standard InChI is InChI=1S/C30H32N2O5/c1-20-7-4-8-21(17-20)19-37-25-13-11-22(12-14-25)28(34)26-27(23-9-5-10-24(33)18-23)32(30(36)29(26)35)16-6-15-31(2)3/h4-5,7-14,17-18,27,33,35H,6,15-16,19H2,1-3H3. The van der Waals surface area contributed by atoms with E-state index in [0.29, 0.717) is 36.4 Å². The minimum atomic E-state index is -0.800. The third-order valence-corrected chi connectivity index (χ3v) is 6.34. The molecule has 0 radical (unpaired) electrons. The largest absolute Gasteiger partial charge is 0.508 e. The molecular formula is C30H32N2O5. The number of phenolic OH excluding ortho intramolecular Hbond substituents is 1. The van der Waals surface area contributed by atoms with Crippen LogP contribution in [0.2, 0.25) is 0 Å². The predicted octanol–water partition coefficient (Wildman–Crippen LogP) is 4.81. The number of aryl methyl sites for hydroxylation is 1.